The highest BCUT2D eigenvalue weighted by Crippen LogP contribution is 2.18. The lowest BCUT2D eigenvalue weighted by atomic mass is 9.97. The molecule has 1 N–H and O–H groups in total. The van der Waals surface area contributed by atoms with Gasteiger partial charge in [-0.1, -0.05) is 12.1 Å². The van der Waals surface area contributed by atoms with E-state index >= 15 is 0 Å². The molecule has 0 heterocycles. The van der Waals surface area contributed by atoms with Crippen LogP contribution in [0.5, 0.6) is 5.75 Å². The number of hydrogen-bond donors (Lipinski definition) is 1. The third-order valence-corrected chi connectivity index (χ3v) is 3.78. The maximum Gasteiger partial charge on any atom is 0.119 e. The molecule has 20 heavy (non-hydrogen) atoms. The van der Waals surface area contributed by atoms with Crippen molar-refractivity contribution in [3.8, 4) is 5.75 Å². The molecule has 0 aliphatic rings. The van der Waals surface area contributed by atoms with Gasteiger partial charge in [-0.15, -0.1) is 0 Å². The van der Waals surface area contributed by atoms with E-state index in [1.165, 1.54) is 5.56 Å². The molecule has 0 amide bonds. The van der Waals surface area contributed by atoms with Crippen LogP contribution in [-0.2, 0) is 4.74 Å². The van der Waals surface area contributed by atoms with Gasteiger partial charge in [-0.25, -0.2) is 0 Å². The van der Waals surface area contributed by atoms with Crippen LogP contribution in [0.1, 0.15) is 38.7 Å². The van der Waals surface area contributed by atoms with Crippen molar-refractivity contribution < 1.29 is 9.47 Å². The van der Waals surface area contributed by atoms with Crippen molar-refractivity contribution in [1.29, 1.82) is 0 Å². The molecule has 0 aromatic heterocycles. The SMILES string of the molecule is CNC(CCOc1cccc(C)c1)CCC(C)(C)OC. The summed E-state index contributed by atoms with van der Waals surface area (Å²) < 4.78 is 11.3. The molecule has 1 aromatic carbocycles. The lowest BCUT2D eigenvalue weighted by molar-refractivity contribution is 0.0114. The minimum Gasteiger partial charge on any atom is -0.494 e. The fourth-order valence-corrected chi connectivity index (χ4v) is 2.08. The molecule has 3 heteroatoms. The van der Waals surface area contributed by atoms with Crippen molar-refractivity contribution in [3.05, 3.63) is 29.8 Å². The van der Waals surface area contributed by atoms with Gasteiger partial charge in [0.2, 0.25) is 0 Å². The largest absolute Gasteiger partial charge is 0.494 e. The predicted octanol–water partition coefficient (Wildman–Crippen LogP) is 3.56. The van der Waals surface area contributed by atoms with Gasteiger partial charge < -0.3 is 14.8 Å². The number of hydrogen-bond acceptors (Lipinski definition) is 3. The third-order valence-electron chi connectivity index (χ3n) is 3.78. The third kappa shape index (κ3) is 6.40. The van der Waals surface area contributed by atoms with Gasteiger partial charge in [0.15, 0.2) is 0 Å². The molecule has 0 radical (unpaired) electrons. The lowest BCUT2D eigenvalue weighted by Crippen LogP contribution is -2.31. The Morgan fingerprint density at radius 2 is 2.00 bits per heavy atom. The van der Waals surface area contributed by atoms with Crippen molar-refractivity contribution in [2.75, 3.05) is 20.8 Å². The van der Waals surface area contributed by atoms with Crippen LogP contribution in [0.25, 0.3) is 0 Å². The Morgan fingerprint density at radius 3 is 2.60 bits per heavy atom. The van der Waals surface area contributed by atoms with Gasteiger partial charge in [-0.05, 0) is 64.8 Å². The minimum atomic E-state index is -0.0491. The van der Waals surface area contributed by atoms with E-state index in [4.69, 9.17) is 9.47 Å². The van der Waals surface area contributed by atoms with Crippen LogP contribution in [-0.4, -0.2) is 32.4 Å². The fraction of sp³-hybridized carbons (Fsp3) is 0.647. The van der Waals surface area contributed by atoms with E-state index in [-0.39, 0.29) is 5.60 Å². The molecule has 0 fully saturated rings. The van der Waals surface area contributed by atoms with Gasteiger partial charge in [0, 0.05) is 13.2 Å². The molecule has 0 spiro atoms. The van der Waals surface area contributed by atoms with Crippen LogP contribution in [0.15, 0.2) is 24.3 Å². The number of benzene rings is 1. The molecule has 0 saturated carbocycles. The van der Waals surface area contributed by atoms with Gasteiger partial charge in [0.05, 0.1) is 12.2 Å². The topological polar surface area (TPSA) is 30.5 Å². The molecule has 3 nitrogen and oxygen atoms in total. The van der Waals surface area contributed by atoms with Crippen LogP contribution < -0.4 is 10.1 Å². The smallest absolute Gasteiger partial charge is 0.119 e. The second-order valence-electron chi connectivity index (χ2n) is 5.94. The average Bonchev–Trinajstić information content (AvgIpc) is 2.42. The van der Waals surface area contributed by atoms with E-state index in [1.807, 2.05) is 19.2 Å². The normalized spacial score (nSPS) is 13.2. The van der Waals surface area contributed by atoms with Gasteiger partial charge in [-0.3, -0.25) is 0 Å². The number of ether oxygens (including phenoxy) is 2. The summed E-state index contributed by atoms with van der Waals surface area (Å²) in [6, 6.07) is 8.66. The van der Waals surface area contributed by atoms with Crippen LogP contribution in [0, 0.1) is 6.92 Å². The number of aryl methyl sites for hydroxylation is 1. The number of methoxy groups -OCH3 is 1. The summed E-state index contributed by atoms with van der Waals surface area (Å²) in [5.74, 6) is 0.956. The second-order valence-corrected chi connectivity index (χ2v) is 5.94. The van der Waals surface area contributed by atoms with Crippen molar-refractivity contribution in [3.63, 3.8) is 0 Å². The first-order valence-corrected chi connectivity index (χ1v) is 7.39. The average molecular weight is 279 g/mol. The van der Waals surface area contributed by atoms with Crippen LogP contribution in [0.2, 0.25) is 0 Å². The van der Waals surface area contributed by atoms with Crippen molar-refractivity contribution in [2.24, 2.45) is 0 Å². The Hall–Kier alpha value is -1.06. The fourth-order valence-electron chi connectivity index (χ4n) is 2.08. The molecular weight excluding hydrogens is 250 g/mol. The summed E-state index contributed by atoms with van der Waals surface area (Å²) in [5.41, 5.74) is 1.18. The first-order valence-electron chi connectivity index (χ1n) is 7.39. The van der Waals surface area contributed by atoms with Gasteiger partial charge in [-0.2, -0.15) is 0 Å². The Kier molecular flexibility index (Phi) is 7.03. The molecule has 1 atom stereocenters. The zero-order valence-electron chi connectivity index (χ0n) is 13.5. The zero-order chi connectivity index (χ0) is 15.0. The molecule has 0 aliphatic carbocycles. The summed E-state index contributed by atoms with van der Waals surface area (Å²) in [7, 11) is 3.78. The number of rotatable bonds is 9. The summed E-state index contributed by atoms with van der Waals surface area (Å²) in [4.78, 5) is 0. The highest BCUT2D eigenvalue weighted by atomic mass is 16.5. The number of nitrogens with one attached hydrogen (secondary N) is 1. The summed E-state index contributed by atoms with van der Waals surface area (Å²) in [6.45, 7) is 7.07. The molecule has 114 valence electrons. The first kappa shape index (κ1) is 17.0. The summed E-state index contributed by atoms with van der Waals surface area (Å²) in [6.07, 6.45) is 3.14. The second kappa shape index (κ2) is 8.28. The van der Waals surface area contributed by atoms with Crippen molar-refractivity contribution in [1.82, 2.24) is 5.32 Å². The van der Waals surface area contributed by atoms with Gasteiger partial charge in [0.1, 0.15) is 5.75 Å². The summed E-state index contributed by atoms with van der Waals surface area (Å²) in [5, 5.41) is 3.36. The van der Waals surface area contributed by atoms with E-state index in [0.29, 0.717) is 6.04 Å². The van der Waals surface area contributed by atoms with Gasteiger partial charge in [0.25, 0.3) is 0 Å². The molecule has 0 saturated heterocycles. The standard InChI is InChI=1S/C17H29NO2/c1-14-7-6-8-16(13-14)20-12-10-15(18-4)9-11-17(2,3)19-5/h6-8,13,15,18H,9-12H2,1-5H3. The van der Waals surface area contributed by atoms with Crippen LogP contribution >= 0.6 is 0 Å². The molecule has 1 aromatic rings. The van der Waals surface area contributed by atoms with Crippen molar-refractivity contribution in [2.45, 2.75) is 51.7 Å². The van der Waals surface area contributed by atoms with Gasteiger partial charge >= 0.3 is 0 Å². The monoisotopic (exact) mass is 279 g/mol. The van der Waals surface area contributed by atoms with Crippen molar-refractivity contribution >= 4 is 0 Å². The molecular formula is C17H29NO2. The highest BCUT2D eigenvalue weighted by Gasteiger charge is 2.18. The molecule has 0 aliphatic heterocycles. The molecule has 1 unspecified atom stereocenters. The Balaban J connectivity index is 2.31. The molecule has 0 bridgehead atoms. The maximum atomic E-state index is 5.81. The van der Waals surface area contributed by atoms with E-state index < -0.39 is 0 Å². The zero-order valence-corrected chi connectivity index (χ0v) is 13.5. The Labute approximate surface area is 123 Å². The summed E-state index contributed by atoms with van der Waals surface area (Å²) >= 11 is 0. The van der Waals surface area contributed by atoms with E-state index in [9.17, 15) is 0 Å². The first-order chi connectivity index (χ1) is 9.46. The lowest BCUT2D eigenvalue weighted by Gasteiger charge is -2.25. The predicted molar refractivity (Wildman–Crippen MR) is 84.5 cm³/mol. The highest BCUT2D eigenvalue weighted by molar-refractivity contribution is 5.27. The van der Waals surface area contributed by atoms with E-state index in [2.05, 4.69) is 38.2 Å². The van der Waals surface area contributed by atoms with Crippen LogP contribution in [0.4, 0.5) is 0 Å². The van der Waals surface area contributed by atoms with Crippen LogP contribution in [0.3, 0.4) is 0 Å². The Morgan fingerprint density at radius 1 is 1.25 bits per heavy atom. The molecule has 1 rings (SSSR count). The maximum absolute atomic E-state index is 5.81. The Bertz CT molecular complexity index is 390. The quantitative estimate of drug-likeness (QED) is 0.750. The minimum absolute atomic E-state index is 0.0491. The van der Waals surface area contributed by atoms with E-state index in [0.717, 1.165) is 31.6 Å². The van der Waals surface area contributed by atoms with E-state index in [1.54, 1.807) is 7.11 Å².